The van der Waals surface area contributed by atoms with Crippen LogP contribution in [-0.4, -0.2) is 19.5 Å². The molecule has 0 N–H and O–H groups in total. The molecule has 0 unspecified atom stereocenters. The number of unbranched alkanes of at least 4 members (excludes halogenated alkanes) is 3. The monoisotopic (exact) mass is 293 g/mol. The summed E-state index contributed by atoms with van der Waals surface area (Å²) in [7, 11) is 0. The van der Waals surface area contributed by atoms with E-state index in [9.17, 15) is 0 Å². The Labute approximate surface area is 131 Å². The zero-order chi connectivity index (χ0) is 15.2. The van der Waals surface area contributed by atoms with Crippen LogP contribution in [0.2, 0.25) is 0 Å². The van der Waals surface area contributed by atoms with Gasteiger partial charge in [-0.3, -0.25) is 0 Å². The van der Waals surface area contributed by atoms with Gasteiger partial charge in [0.2, 0.25) is 0 Å². The topological polar surface area (TPSA) is 43.6 Å². The first-order valence-electron chi connectivity index (χ1n) is 8.00. The van der Waals surface area contributed by atoms with E-state index in [-0.39, 0.29) is 0 Å². The van der Waals surface area contributed by atoms with Crippen LogP contribution >= 0.6 is 0 Å². The average Bonchev–Trinajstić information content (AvgIpc) is 2.95. The second-order valence-electron chi connectivity index (χ2n) is 5.59. The van der Waals surface area contributed by atoms with Gasteiger partial charge in [-0.05, 0) is 12.0 Å². The Morgan fingerprint density at radius 1 is 1.09 bits per heavy atom. The lowest BCUT2D eigenvalue weighted by molar-refractivity contribution is 0.653. The summed E-state index contributed by atoms with van der Waals surface area (Å²) in [5.74, 6) is 0.855. The van der Waals surface area contributed by atoms with E-state index in [1.807, 2.05) is 29.1 Å². The van der Waals surface area contributed by atoms with Gasteiger partial charge in [0.05, 0.1) is 6.33 Å². The second kappa shape index (κ2) is 7.16. The Balaban J connectivity index is 1.72. The lowest BCUT2D eigenvalue weighted by Crippen LogP contribution is -2.00. The van der Waals surface area contributed by atoms with Crippen LogP contribution in [0.1, 0.15) is 44.0 Å². The van der Waals surface area contributed by atoms with Crippen molar-refractivity contribution in [3.63, 3.8) is 0 Å². The smallest absolute Gasteiger partial charge is 0.181 e. The largest absolute Gasteiger partial charge is 0.323 e. The summed E-state index contributed by atoms with van der Waals surface area (Å²) in [4.78, 5) is 13.3. The van der Waals surface area contributed by atoms with Crippen LogP contribution in [0, 0.1) is 6.20 Å². The minimum Gasteiger partial charge on any atom is -0.323 e. The van der Waals surface area contributed by atoms with Crippen LogP contribution in [0.4, 0.5) is 0 Å². The first-order valence-corrected chi connectivity index (χ1v) is 8.00. The molecular formula is C18H21N4. The fraction of sp³-hybridized carbons (Fsp3) is 0.389. The Hall–Kier alpha value is -2.23. The molecule has 2 heterocycles. The van der Waals surface area contributed by atoms with Crippen LogP contribution in [-0.2, 0) is 13.0 Å². The van der Waals surface area contributed by atoms with Crippen molar-refractivity contribution >= 4 is 11.2 Å². The lowest BCUT2D eigenvalue weighted by atomic mass is 10.1. The number of aromatic nitrogens is 4. The van der Waals surface area contributed by atoms with E-state index in [2.05, 4.69) is 40.2 Å². The van der Waals surface area contributed by atoms with Gasteiger partial charge in [0.25, 0.3) is 0 Å². The SMILES string of the molecule is CCCCCCc1n[c]c2c(ncn2Cc2ccccc2)n1. The molecule has 3 rings (SSSR count). The van der Waals surface area contributed by atoms with Crippen molar-refractivity contribution in [1.29, 1.82) is 0 Å². The third-order valence-corrected chi connectivity index (χ3v) is 3.79. The highest BCUT2D eigenvalue weighted by Crippen LogP contribution is 2.13. The van der Waals surface area contributed by atoms with Gasteiger partial charge < -0.3 is 4.57 Å². The number of hydrogen-bond donors (Lipinski definition) is 0. The summed E-state index contributed by atoms with van der Waals surface area (Å²) in [5.41, 5.74) is 2.86. The summed E-state index contributed by atoms with van der Waals surface area (Å²) >= 11 is 0. The quantitative estimate of drug-likeness (QED) is 0.622. The van der Waals surface area contributed by atoms with Crippen LogP contribution in [0.5, 0.6) is 0 Å². The number of imidazole rings is 1. The van der Waals surface area contributed by atoms with E-state index in [0.29, 0.717) is 0 Å². The second-order valence-corrected chi connectivity index (χ2v) is 5.59. The molecule has 0 fully saturated rings. The number of hydrogen-bond acceptors (Lipinski definition) is 3. The summed E-state index contributed by atoms with van der Waals surface area (Å²) in [6.45, 7) is 2.99. The maximum absolute atomic E-state index is 4.56. The molecule has 0 saturated heterocycles. The minimum atomic E-state index is 0.747. The molecule has 1 aromatic carbocycles. The van der Waals surface area contributed by atoms with Crippen molar-refractivity contribution in [1.82, 2.24) is 19.5 Å². The molecule has 4 heteroatoms. The number of fused-ring (bicyclic) bond motifs is 1. The van der Waals surface area contributed by atoms with Gasteiger partial charge in [-0.15, -0.1) is 0 Å². The van der Waals surface area contributed by atoms with Crippen molar-refractivity contribution in [2.75, 3.05) is 0 Å². The standard InChI is InChI=1S/C18H21N4/c1-2-3-4-8-11-17-19-12-16-18(21-17)20-14-22(16)13-15-9-6-5-7-10-15/h5-7,9-10,14H,2-4,8,11,13H2,1H3. The molecule has 4 nitrogen and oxygen atoms in total. The van der Waals surface area contributed by atoms with Crippen molar-refractivity contribution in [2.24, 2.45) is 0 Å². The molecule has 0 saturated carbocycles. The molecule has 113 valence electrons. The van der Waals surface area contributed by atoms with E-state index in [1.54, 1.807) is 0 Å². The van der Waals surface area contributed by atoms with Crippen molar-refractivity contribution in [3.8, 4) is 0 Å². The normalized spacial score (nSPS) is 11.1. The van der Waals surface area contributed by atoms with E-state index in [0.717, 1.165) is 36.4 Å². The number of rotatable bonds is 7. The van der Waals surface area contributed by atoms with Crippen molar-refractivity contribution in [3.05, 3.63) is 54.2 Å². The Bertz CT molecular complexity index is 718. The van der Waals surface area contributed by atoms with Gasteiger partial charge in [-0.2, -0.15) is 0 Å². The van der Waals surface area contributed by atoms with Gasteiger partial charge in [0.1, 0.15) is 17.5 Å². The summed E-state index contributed by atoms with van der Waals surface area (Å²) in [6, 6.07) is 10.3. The fourth-order valence-electron chi connectivity index (χ4n) is 2.55. The molecule has 0 aliphatic heterocycles. The van der Waals surface area contributed by atoms with E-state index >= 15 is 0 Å². The Morgan fingerprint density at radius 3 is 2.77 bits per heavy atom. The maximum atomic E-state index is 4.56. The zero-order valence-electron chi connectivity index (χ0n) is 13.0. The molecule has 1 radical (unpaired) electrons. The van der Waals surface area contributed by atoms with E-state index in [1.165, 1.54) is 24.8 Å². The summed E-state index contributed by atoms with van der Waals surface area (Å²) in [6.07, 6.45) is 10.7. The predicted octanol–water partition coefficient (Wildman–Crippen LogP) is 3.80. The average molecular weight is 293 g/mol. The number of aryl methyl sites for hydroxylation is 1. The Morgan fingerprint density at radius 2 is 1.95 bits per heavy atom. The highest BCUT2D eigenvalue weighted by atomic mass is 15.1. The molecular weight excluding hydrogens is 272 g/mol. The van der Waals surface area contributed by atoms with E-state index in [4.69, 9.17) is 0 Å². The van der Waals surface area contributed by atoms with Gasteiger partial charge >= 0.3 is 0 Å². The molecule has 0 bridgehead atoms. The first kappa shape index (κ1) is 14.7. The van der Waals surface area contributed by atoms with E-state index < -0.39 is 0 Å². The molecule has 3 aromatic rings. The molecule has 0 aliphatic carbocycles. The third-order valence-electron chi connectivity index (χ3n) is 3.79. The van der Waals surface area contributed by atoms with Crippen LogP contribution < -0.4 is 0 Å². The summed E-state index contributed by atoms with van der Waals surface area (Å²) in [5, 5.41) is 0. The minimum absolute atomic E-state index is 0.747. The first-order chi connectivity index (χ1) is 10.9. The van der Waals surface area contributed by atoms with Gasteiger partial charge in [-0.1, -0.05) is 56.5 Å². The fourth-order valence-corrected chi connectivity index (χ4v) is 2.55. The van der Waals surface area contributed by atoms with Gasteiger partial charge in [0.15, 0.2) is 5.65 Å². The van der Waals surface area contributed by atoms with Crippen LogP contribution in [0.25, 0.3) is 11.2 Å². The summed E-state index contributed by atoms with van der Waals surface area (Å²) < 4.78 is 2.05. The molecule has 0 atom stereocenters. The molecule has 0 aliphatic rings. The maximum Gasteiger partial charge on any atom is 0.181 e. The number of benzene rings is 1. The highest BCUT2D eigenvalue weighted by molar-refractivity contribution is 5.68. The van der Waals surface area contributed by atoms with Gasteiger partial charge in [0, 0.05) is 13.0 Å². The third kappa shape index (κ3) is 3.50. The predicted molar refractivity (Wildman–Crippen MR) is 87.5 cm³/mol. The number of nitrogens with zero attached hydrogens (tertiary/aromatic N) is 4. The van der Waals surface area contributed by atoms with Crippen molar-refractivity contribution < 1.29 is 0 Å². The molecule has 22 heavy (non-hydrogen) atoms. The van der Waals surface area contributed by atoms with Crippen molar-refractivity contribution in [2.45, 2.75) is 45.6 Å². The molecule has 0 amide bonds. The van der Waals surface area contributed by atoms with Crippen LogP contribution in [0.3, 0.4) is 0 Å². The Kier molecular flexibility index (Phi) is 4.78. The van der Waals surface area contributed by atoms with Gasteiger partial charge in [-0.25, -0.2) is 15.0 Å². The lowest BCUT2D eigenvalue weighted by Gasteiger charge is -2.04. The zero-order valence-corrected chi connectivity index (χ0v) is 13.0. The molecule has 2 aromatic heterocycles. The molecule has 0 spiro atoms. The van der Waals surface area contributed by atoms with Crippen LogP contribution in [0.15, 0.2) is 36.7 Å². The highest BCUT2D eigenvalue weighted by Gasteiger charge is 2.07.